The number of likely N-dealkylation sites (tertiary alicyclic amines) is 1. The Balaban J connectivity index is 1.46. The standard InChI is InChI=1S/C20H28FNO2/c1-24-19-4-2-3-16(12-19)13-20(23)22-10-9-17(14-22)11-15-5-7-18(21)8-6-15/h5-8,16-17,19H,2-4,9-14H2,1H3. The van der Waals surface area contributed by atoms with Crippen LogP contribution in [0.15, 0.2) is 24.3 Å². The lowest BCUT2D eigenvalue weighted by atomic mass is 9.85. The maximum absolute atomic E-state index is 13.0. The van der Waals surface area contributed by atoms with Gasteiger partial charge in [-0.1, -0.05) is 18.6 Å². The maximum Gasteiger partial charge on any atom is 0.222 e. The van der Waals surface area contributed by atoms with Gasteiger partial charge in [0.25, 0.3) is 0 Å². The Morgan fingerprint density at radius 3 is 2.75 bits per heavy atom. The number of methoxy groups -OCH3 is 1. The number of hydrogen-bond donors (Lipinski definition) is 0. The quantitative estimate of drug-likeness (QED) is 0.820. The molecule has 132 valence electrons. The number of benzene rings is 1. The normalized spacial score (nSPS) is 27.4. The minimum Gasteiger partial charge on any atom is -0.381 e. The van der Waals surface area contributed by atoms with Crippen molar-refractivity contribution in [3.05, 3.63) is 35.6 Å². The van der Waals surface area contributed by atoms with Gasteiger partial charge in [0.05, 0.1) is 6.10 Å². The van der Waals surface area contributed by atoms with Crippen LogP contribution in [0.5, 0.6) is 0 Å². The van der Waals surface area contributed by atoms with Crippen LogP contribution in [0.1, 0.15) is 44.1 Å². The molecule has 1 heterocycles. The van der Waals surface area contributed by atoms with Crippen LogP contribution >= 0.6 is 0 Å². The molecule has 0 spiro atoms. The van der Waals surface area contributed by atoms with Crippen LogP contribution in [0.2, 0.25) is 0 Å². The first kappa shape index (κ1) is 17.4. The average molecular weight is 333 g/mol. The van der Waals surface area contributed by atoms with Gasteiger partial charge in [0, 0.05) is 26.6 Å². The van der Waals surface area contributed by atoms with E-state index in [-0.39, 0.29) is 5.82 Å². The number of carbonyl (C=O) groups excluding carboxylic acids is 1. The van der Waals surface area contributed by atoms with Crippen molar-refractivity contribution in [2.45, 2.75) is 51.0 Å². The Kier molecular flexibility index (Phi) is 5.88. The van der Waals surface area contributed by atoms with Crippen molar-refractivity contribution >= 4 is 5.91 Å². The van der Waals surface area contributed by atoms with Crippen LogP contribution in [-0.4, -0.2) is 37.1 Å². The summed E-state index contributed by atoms with van der Waals surface area (Å²) in [7, 11) is 1.77. The molecule has 2 fully saturated rings. The largest absolute Gasteiger partial charge is 0.381 e. The summed E-state index contributed by atoms with van der Waals surface area (Å²) in [6.45, 7) is 1.71. The predicted octanol–water partition coefficient (Wildman–Crippen LogP) is 3.81. The number of hydrogen-bond acceptors (Lipinski definition) is 2. The lowest BCUT2D eigenvalue weighted by Crippen LogP contribution is -2.32. The fourth-order valence-electron chi connectivity index (χ4n) is 4.20. The van der Waals surface area contributed by atoms with E-state index in [9.17, 15) is 9.18 Å². The highest BCUT2D eigenvalue weighted by Gasteiger charge is 2.29. The van der Waals surface area contributed by atoms with Gasteiger partial charge < -0.3 is 9.64 Å². The minimum absolute atomic E-state index is 0.191. The van der Waals surface area contributed by atoms with Crippen molar-refractivity contribution in [3.8, 4) is 0 Å². The third kappa shape index (κ3) is 4.56. The molecule has 3 rings (SSSR count). The Labute approximate surface area is 144 Å². The molecule has 4 heteroatoms. The molecule has 1 saturated heterocycles. The van der Waals surface area contributed by atoms with Gasteiger partial charge in [0.1, 0.15) is 5.82 Å². The van der Waals surface area contributed by atoms with Gasteiger partial charge in [-0.3, -0.25) is 4.79 Å². The third-order valence-electron chi connectivity index (χ3n) is 5.61. The Morgan fingerprint density at radius 1 is 1.21 bits per heavy atom. The fraction of sp³-hybridized carbons (Fsp3) is 0.650. The topological polar surface area (TPSA) is 29.5 Å². The number of rotatable bonds is 5. The Bertz CT molecular complexity index is 545. The predicted molar refractivity (Wildman–Crippen MR) is 92.2 cm³/mol. The van der Waals surface area contributed by atoms with E-state index < -0.39 is 0 Å². The molecule has 1 aromatic rings. The fourth-order valence-corrected chi connectivity index (χ4v) is 4.20. The summed E-state index contributed by atoms with van der Waals surface area (Å²) < 4.78 is 18.5. The lowest BCUT2D eigenvalue weighted by molar-refractivity contribution is -0.131. The summed E-state index contributed by atoms with van der Waals surface area (Å²) in [5, 5.41) is 0. The molecule has 1 saturated carbocycles. The van der Waals surface area contributed by atoms with Crippen LogP contribution in [0.4, 0.5) is 4.39 Å². The first-order valence-corrected chi connectivity index (χ1v) is 9.19. The molecule has 0 aromatic heterocycles. The molecular weight excluding hydrogens is 305 g/mol. The van der Waals surface area contributed by atoms with Gasteiger partial charge in [-0.15, -0.1) is 0 Å². The van der Waals surface area contributed by atoms with Gasteiger partial charge in [-0.05, 0) is 61.6 Å². The summed E-state index contributed by atoms with van der Waals surface area (Å²) in [5.41, 5.74) is 1.16. The molecule has 2 aliphatic rings. The maximum atomic E-state index is 13.0. The zero-order valence-corrected chi connectivity index (χ0v) is 14.5. The highest BCUT2D eigenvalue weighted by atomic mass is 19.1. The third-order valence-corrected chi connectivity index (χ3v) is 5.61. The second kappa shape index (κ2) is 8.11. The van der Waals surface area contributed by atoms with Crippen molar-refractivity contribution in [2.75, 3.05) is 20.2 Å². The van der Waals surface area contributed by atoms with Gasteiger partial charge in [-0.2, -0.15) is 0 Å². The first-order chi connectivity index (χ1) is 11.6. The molecule has 1 aromatic carbocycles. The van der Waals surface area contributed by atoms with E-state index in [1.807, 2.05) is 17.0 Å². The molecular formula is C20H28FNO2. The SMILES string of the molecule is COC1CCCC(CC(=O)N2CCC(Cc3ccc(F)cc3)C2)C1. The Hall–Kier alpha value is -1.42. The Morgan fingerprint density at radius 2 is 2.00 bits per heavy atom. The van der Waals surface area contributed by atoms with Crippen LogP contribution in [0.3, 0.4) is 0 Å². The van der Waals surface area contributed by atoms with E-state index in [4.69, 9.17) is 4.74 Å². The highest BCUT2D eigenvalue weighted by Crippen LogP contribution is 2.30. The van der Waals surface area contributed by atoms with E-state index in [2.05, 4.69) is 0 Å². The van der Waals surface area contributed by atoms with Crippen molar-refractivity contribution in [1.82, 2.24) is 4.90 Å². The van der Waals surface area contributed by atoms with Crippen molar-refractivity contribution in [3.63, 3.8) is 0 Å². The molecule has 1 aliphatic heterocycles. The van der Waals surface area contributed by atoms with Crippen molar-refractivity contribution in [1.29, 1.82) is 0 Å². The molecule has 0 bridgehead atoms. The second-order valence-electron chi connectivity index (χ2n) is 7.42. The van der Waals surface area contributed by atoms with Gasteiger partial charge in [0.2, 0.25) is 5.91 Å². The molecule has 0 N–H and O–H groups in total. The smallest absolute Gasteiger partial charge is 0.222 e. The molecule has 24 heavy (non-hydrogen) atoms. The zero-order chi connectivity index (χ0) is 16.9. The molecule has 1 amide bonds. The van der Waals surface area contributed by atoms with E-state index in [1.165, 1.54) is 18.6 Å². The average Bonchev–Trinajstić information content (AvgIpc) is 3.06. The number of halogens is 1. The van der Waals surface area contributed by atoms with Crippen molar-refractivity contribution in [2.24, 2.45) is 11.8 Å². The van der Waals surface area contributed by atoms with Crippen molar-refractivity contribution < 1.29 is 13.9 Å². The van der Waals surface area contributed by atoms with Crippen LogP contribution in [-0.2, 0) is 16.0 Å². The number of ether oxygens (including phenoxy) is 1. The minimum atomic E-state index is -0.191. The van der Waals surface area contributed by atoms with Crippen LogP contribution < -0.4 is 0 Å². The molecule has 3 atom stereocenters. The van der Waals surface area contributed by atoms with E-state index in [0.717, 1.165) is 50.8 Å². The van der Waals surface area contributed by atoms with Gasteiger partial charge >= 0.3 is 0 Å². The van der Waals surface area contributed by atoms with Crippen LogP contribution in [0.25, 0.3) is 0 Å². The number of amides is 1. The van der Waals surface area contributed by atoms with Gasteiger partial charge in [-0.25, -0.2) is 4.39 Å². The molecule has 3 nitrogen and oxygen atoms in total. The van der Waals surface area contributed by atoms with E-state index in [0.29, 0.717) is 30.3 Å². The summed E-state index contributed by atoms with van der Waals surface area (Å²) in [4.78, 5) is 14.6. The molecule has 0 radical (unpaired) electrons. The zero-order valence-electron chi connectivity index (χ0n) is 14.5. The molecule has 1 aliphatic carbocycles. The molecule has 3 unspecified atom stereocenters. The summed E-state index contributed by atoms with van der Waals surface area (Å²) >= 11 is 0. The number of nitrogens with zero attached hydrogens (tertiary/aromatic N) is 1. The van der Waals surface area contributed by atoms with Gasteiger partial charge in [0.15, 0.2) is 0 Å². The lowest BCUT2D eigenvalue weighted by Gasteiger charge is -2.29. The van der Waals surface area contributed by atoms with E-state index in [1.54, 1.807) is 7.11 Å². The highest BCUT2D eigenvalue weighted by molar-refractivity contribution is 5.76. The second-order valence-corrected chi connectivity index (χ2v) is 7.42. The summed E-state index contributed by atoms with van der Waals surface area (Å²) in [6.07, 6.45) is 7.46. The van der Waals surface area contributed by atoms with E-state index >= 15 is 0 Å². The number of carbonyl (C=O) groups is 1. The van der Waals surface area contributed by atoms with Crippen LogP contribution in [0, 0.1) is 17.7 Å². The summed E-state index contributed by atoms with van der Waals surface area (Å²) in [6, 6.07) is 6.74. The summed E-state index contributed by atoms with van der Waals surface area (Å²) in [5.74, 6) is 1.09. The first-order valence-electron chi connectivity index (χ1n) is 9.19. The monoisotopic (exact) mass is 333 g/mol.